The maximum absolute atomic E-state index is 6.96. The van der Waals surface area contributed by atoms with Gasteiger partial charge in [0.05, 0.1) is 0 Å². The van der Waals surface area contributed by atoms with Crippen molar-refractivity contribution in [2.45, 2.75) is 76.2 Å². The van der Waals surface area contributed by atoms with Crippen LogP contribution in [0.4, 0.5) is 0 Å². The van der Waals surface area contributed by atoms with E-state index in [0.717, 1.165) is 17.8 Å². The van der Waals surface area contributed by atoms with Crippen molar-refractivity contribution in [3.63, 3.8) is 0 Å². The minimum Gasteiger partial charge on any atom is -0.325 e. The van der Waals surface area contributed by atoms with Crippen molar-refractivity contribution in [2.75, 3.05) is 0 Å². The zero-order valence-corrected chi connectivity index (χ0v) is 11.1. The fourth-order valence-electron chi connectivity index (χ4n) is 6.43. The Morgan fingerprint density at radius 1 is 0.706 bits per heavy atom. The molecule has 0 amide bonds. The molecule has 0 aromatic carbocycles. The molecule has 0 aromatic heterocycles. The first-order valence-electron chi connectivity index (χ1n) is 7.98. The van der Waals surface area contributed by atoms with Gasteiger partial charge in [0, 0.05) is 5.54 Å². The van der Waals surface area contributed by atoms with Gasteiger partial charge in [0.2, 0.25) is 0 Å². The summed E-state index contributed by atoms with van der Waals surface area (Å²) >= 11 is 0. The molecular weight excluding hydrogens is 206 g/mol. The molecule has 5 fully saturated rings. The van der Waals surface area contributed by atoms with Gasteiger partial charge in [-0.25, -0.2) is 0 Å². The molecular formula is C16H27N. The Labute approximate surface area is 106 Å². The van der Waals surface area contributed by atoms with Crippen LogP contribution >= 0.6 is 0 Å². The van der Waals surface area contributed by atoms with Crippen LogP contribution in [0.1, 0.15) is 70.6 Å². The number of rotatable bonds is 1. The lowest BCUT2D eigenvalue weighted by Crippen LogP contribution is -2.63. The van der Waals surface area contributed by atoms with E-state index in [-0.39, 0.29) is 5.54 Å². The van der Waals surface area contributed by atoms with E-state index in [1.54, 1.807) is 19.3 Å². The van der Waals surface area contributed by atoms with Gasteiger partial charge in [0.15, 0.2) is 0 Å². The molecule has 96 valence electrons. The molecule has 5 aliphatic rings. The molecule has 2 N–H and O–H groups in total. The van der Waals surface area contributed by atoms with Gasteiger partial charge in [0.1, 0.15) is 0 Å². The van der Waals surface area contributed by atoms with Gasteiger partial charge in [-0.1, -0.05) is 19.3 Å². The van der Waals surface area contributed by atoms with Gasteiger partial charge in [-0.3, -0.25) is 0 Å². The Hall–Kier alpha value is -0.0400. The van der Waals surface area contributed by atoms with Crippen LogP contribution in [0.15, 0.2) is 0 Å². The zero-order valence-electron chi connectivity index (χ0n) is 11.1. The molecule has 0 spiro atoms. The van der Waals surface area contributed by atoms with Crippen LogP contribution in [0.3, 0.4) is 0 Å². The molecule has 5 aliphatic carbocycles. The highest BCUT2D eigenvalue weighted by Crippen LogP contribution is 2.65. The van der Waals surface area contributed by atoms with E-state index in [1.165, 1.54) is 51.4 Å². The van der Waals surface area contributed by atoms with Crippen LogP contribution in [-0.2, 0) is 0 Å². The van der Waals surface area contributed by atoms with Gasteiger partial charge < -0.3 is 5.73 Å². The molecule has 0 aromatic rings. The van der Waals surface area contributed by atoms with E-state index in [1.807, 2.05) is 0 Å². The van der Waals surface area contributed by atoms with Crippen molar-refractivity contribution in [1.82, 2.24) is 0 Å². The fourth-order valence-corrected chi connectivity index (χ4v) is 6.43. The first-order valence-corrected chi connectivity index (χ1v) is 7.98. The van der Waals surface area contributed by atoms with E-state index < -0.39 is 0 Å². The molecule has 5 rings (SSSR count). The highest BCUT2D eigenvalue weighted by molar-refractivity contribution is 5.12. The topological polar surface area (TPSA) is 26.0 Å². The van der Waals surface area contributed by atoms with E-state index in [2.05, 4.69) is 0 Å². The van der Waals surface area contributed by atoms with Gasteiger partial charge in [0.25, 0.3) is 0 Å². The van der Waals surface area contributed by atoms with Crippen molar-refractivity contribution in [2.24, 2.45) is 28.9 Å². The lowest BCUT2D eigenvalue weighted by atomic mass is 9.43. The standard InChI is InChI=1S/C16H27N/c17-16(4-2-1-3-5-16)15-9-12-6-13(10-15)8-14(7-12)11-15/h12-14H,1-11,17H2. The summed E-state index contributed by atoms with van der Waals surface area (Å²) in [6, 6.07) is 0. The second-order valence-electron chi connectivity index (χ2n) is 7.91. The average molecular weight is 233 g/mol. The van der Waals surface area contributed by atoms with Gasteiger partial charge in [-0.2, -0.15) is 0 Å². The summed E-state index contributed by atoms with van der Waals surface area (Å²) in [6.07, 6.45) is 16.0. The molecule has 17 heavy (non-hydrogen) atoms. The summed E-state index contributed by atoms with van der Waals surface area (Å²) in [5.74, 6) is 3.18. The van der Waals surface area contributed by atoms with Crippen LogP contribution in [-0.4, -0.2) is 5.54 Å². The maximum atomic E-state index is 6.96. The molecule has 0 radical (unpaired) electrons. The first kappa shape index (κ1) is 10.8. The second kappa shape index (κ2) is 3.50. The van der Waals surface area contributed by atoms with E-state index >= 15 is 0 Å². The predicted molar refractivity (Wildman–Crippen MR) is 70.6 cm³/mol. The molecule has 0 aliphatic heterocycles. The molecule has 4 bridgehead atoms. The summed E-state index contributed by atoms with van der Waals surface area (Å²) in [5.41, 5.74) is 7.78. The monoisotopic (exact) mass is 233 g/mol. The Balaban J connectivity index is 1.67. The molecule has 5 saturated carbocycles. The average Bonchev–Trinajstić information content (AvgIpc) is 2.28. The maximum Gasteiger partial charge on any atom is 0.0211 e. The molecule has 0 atom stereocenters. The Bertz CT molecular complexity index is 278. The Kier molecular flexibility index (Phi) is 2.23. The lowest BCUT2D eigenvalue weighted by Gasteiger charge is -2.64. The normalized spacial score (nSPS) is 51.7. The summed E-state index contributed by atoms with van der Waals surface area (Å²) in [5, 5.41) is 0. The predicted octanol–water partition coefficient (Wildman–Crippen LogP) is 3.86. The minimum atomic E-state index is 0.237. The van der Waals surface area contributed by atoms with Gasteiger partial charge >= 0.3 is 0 Å². The number of nitrogens with two attached hydrogens (primary N) is 1. The van der Waals surface area contributed by atoms with Crippen molar-refractivity contribution in [3.05, 3.63) is 0 Å². The largest absolute Gasteiger partial charge is 0.325 e. The van der Waals surface area contributed by atoms with Crippen LogP contribution in [0.2, 0.25) is 0 Å². The summed E-state index contributed by atoms with van der Waals surface area (Å²) < 4.78 is 0. The number of hydrogen-bond donors (Lipinski definition) is 1. The third-order valence-corrected chi connectivity index (χ3v) is 6.84. The zero-order chi connectivity index (χ0) is 11.5. The first-order chi connectivity index (χ1) is 8.19. The van der Waals surface area contributed by atoms with Gasteiger partial charge in [-0.05, 0) is 74.5 Å². The van der Waals surface area contributed by atoms with Crippen molar-refractivity contribution >= 4 is 0 Å². The van der Waals surface area contributed by atoms with E-state index in [9.17, 15) is 0 Å². The summed E-state index contributed by atoms with van der Waals surface area (Å²) in [6.45, 7) is 0. The quantitative estimate of drug-likeness (QED) is 0.731. The smallest absolute Gasteiger partial charge is 0.0211 e. The molecule has 1 nitrogen and oxygen atoms in total. The van der Waals surface area contributed by atoms with Crippen molar-refractivity contribution in [3.8, 4) is 0 Å². The summed E-state index contributed by atoms with van der Waals surface area (Å²) in [7, 11) is 0. The molecule has 1 heteroatoms. The van der Waals surface area contributed by atoms with E-state index in [4.69, 9.17) is 5.73 Å². The Morgan fingerprint density at radius 3 is 1.65 bits per heavy atom. The third kappa shape index (κ3) is 1.47. The summed E-state index contributed by atoms with van der Waals surface area (Å²) in [4.78, 5) is 0. The van der Waals surface area contributed by atoms with Crippen molar-refractivity contribution < 1.29 is 0 Å². The third-order valence-electron chi connectivity index (χ3n) is 6.84. The molecule has 0 unspecified atom stereocenters. The van der Waals surface area contributed by atoms with E-state index in [0.29, 0.717) is 5.41 Å². The van der Waals surface area contributed by atoms with Crippen LogP contribution in [0.5, 0.6) is 0 Å². The fraction of sp³-hybridized carbons (Fsp3) is 1.00. The Morgan fingerprint density at radius 2 is 1.18 bits per heavy atom. The minimum absolute atomic E-state index is 0.237. The van der Waals surface area contributed by atoms with Crippen LogP contribution < -0.4 is 5.73 Å². The second-order valence-corrected chi connectivity index (χ2v) is 7.91. The van der Waals surface area contributed by atoms with Gasteiger partial charge in [-0.15, -0.1) is 0 Å². The highest BCUT2D eigenvalue weighted by Gasteiger charge is 2.58. The van der Waals surface area contributed by atoms with Crippen LogP contribution in [0, 0.1) is 23.2 Å². The molecule has 0 saturated heterocycles. The SMILES string of the molecule is NC1(C23CC4CC(CC(C4)C2)C3)CCCCC1. The lowest BCUT2D eigenvalue weighted by molar-refractivity contribution is -0.106. The van der Waals surface area contributed by atoms with Crippen molar-refractivity contribution in [1.29, 1.82) is 0 Å². The van der Waals surface area contributed by atoms with Crippen LogP contribution in [0.25, 0.3) is 0 Å². The molecule has 0 heterocycles. The highest BCUT2D eigenvalue weighted by atomic mass is 14.8. The number of hydrogen-bond acceptors (Lipinski definition) is 1.